The molecule has 26 heavy (non-hydrogen) atoms. The highest BCUT2D eigenvalue weighted by atomic mass is 16.6. The number of carbonyl (C=O) groups is 1. The van der Waals surface area contributed by atoms with Gasteiger partial charge in [0.25, 0.3) is 5.69 Å². The minimum atomic E-state index is -0.478. The molecule has 1 aliphatic heterocycles. The third-order valence-electron chi connectivity index (χ3n) is 4.07. The average Bonchev–Trinajstić information content (AvgIpc) is 2.67. The number of hydrogen-bond acceptors (Lipinski definition) is 6. The Bertz CT molecular complexity index is 790. The topological polar surface area (TPSA) is 96.7 Å². The van der Waals surface area contributed by atoms with Crippen molar-refractivity contribution in [3.8, 4) is 0 Å². The summed E-state index contributed by atoms with van der Waals surface area (Å²) in [6.07, 6.45) is 0. The summed E-state index contributed by atoms with van der Waals surface area (Å²) >= 11 is 0. The number of morpholine rings is 1. The third kappa shape index (κ3) is 4.28. The molecular weight excluding hydrogens is 336 g/mol. The molecule has 8 heteroatoms. The van der Waals surface area contributed by atoms with Crippen LogP contribution in [0.3, 0.4) is 0 Å². The summed E-state index contributed by atoms with van der Waals surface area (Å²) in [5, 5.41) is 16.7. The van der Waals surface area contributed by atoms with Gasteiger partial charge in [0.2, 0.25) is 5.91 Å². The Morgan fingerprint density at radius 3 is 2.46 bits per heavy atom. The van der Waals surface area contributed by atoms with Gasteiger partial charge in [-0.15, -0.1) is 0 Å². The van der Waals surface area contributed by atoms with Crippen LogP contribution in [0.15, 0.2) is 48.5 Å². The maximum atomic E-state index is 12.3. The summed E-state index contributed by atoms with van der Waals surface area (Å²) in [5.41, 5.74) is 1.90. The first-order chi connectivity index (χ1) is 12.6. The average molecular weight is 356 g/mol. The van der Waals surface area contributed by atoms with E-state index in [0.717, 1.165) is 18.8 Å². The molecule has 1 aliphatic rings. The van der Waals surface area contributed by atoms with Crippen LogP contribution in [0, 0.1) is 10.1 Å². The van der Waals surface area contributed by atoms with Gasteiger partial charge >= 0.3 is 0 Å². The lowest BCUT2D eigenvalue weighted by Crippen LogP contribution is -2.37. The van der Waals surface area contributed by atoms with Crippen LogP contribution in [-0.4, -0.2) is 43.7 Å². The Morgan fingerprint density at radius 2 is 1.73 bits per heavy atom. The molecule has 0 bridgehead atoms. The molecule has 0 radical (unpaired) electrons. The van der Waals surface area contributed by atoms with Gasteiger partial charge in [-0.2, -0.15) is 0 Å². The molecule has 0 unspecified atom stereocenters. The van der Waals surface area contributed by atoms with Crippen molar-refractivity contribution < 1.29 is 14.5 Å². The number of para-hydroxylation sites is 4. The normalized spacial score (nSPS) is 13.9. The van der Waals surface area contributed by atoms with E-state index in [1.807, 2.05) is 24.3 Å². The molecular formula is C18H20N4O4. The second kappa shape index (κ2) is 8.30. The molecule has 0 saturated carbocycles. The van der Waals surface area contributed by atoms with Crippen LogP contribution in [0.4, 0.5) is 22.7 Å². The van der Waals surface area contributed by atoms with E-state index in [0.29, 0.717) is 24.6 Å². The summed E-state index contributed by atoms with van der Waals surface area (Å²) in [6.45, 7) is 2.77. The minimum Gasteiger partial charge on any atom is -0.378 e. The van der Waals surface area contributed by atoms with E-state index < -0.39 is 4.92 Å². The van der Waals surface area contributed by atoms with E-state index in [4.69, 9.17) is 4.74 Å². The van der Waals surface area contributed by atoms with Gasteiger partial charge in [0.15, 0.2) is 0 Å². The zero-order valence-electron chi connectivity index (χ0n) is 14.2. The molecule has 2 N–H and O–H groups in total. The lowest BCUT2D eigenvalue weighted by Gasteiger charge is -2.30. The first-order valence-electron chi connectivity index (χ1n) is 8.34. The molecule has 0 atom stereocenters. The van der Waals surface area contributed by atoms with Crippen LogP contribution in [0.1, 0.15) is 0 Å². The molecule has 136 valence electrons. The number of nitro benzene ring substituents is 1. The molecule has 0 aliphatic carbocycles. The number of nitro groups is 1. The van der Waals surface area contributed by atoms with E-state index in [1.165, 1.54) is 6.07 Å². The van der Waals surface area contributed by atoms with Crippen molar-refractivity contribution in [2.45, 2.75) is 0 Å². The van der Waals surface area contributed by atoms with E-state index in [1.54, 1.807) is 18.2 Å². The van der Waals surface area contributed by atoms with Gasteiger partial charge in [0.05, 0.1) is 36.1 Å². The zero-order chi connectivity index (χ0) is 18.4. The Morgan fingerprint density at radius 1 is 1.08 bits per heavy atom. The molecule has 2 aromatic rings. The fraction of sp³-hybridized carbons (Fsp3) is 0.278. The summed E-state index contributed by atoms with van der Waals surface area (Å²) in [6, 6.07) is 13.8. The largest absolute Gasteiger partial charge is 0.378 e. The maximum absolute atomic E-state index is 12.3. The van der Waals surface area contributed by atoms with Crippen LogP contribution < -0.4 is 15.5 Å². The monoisotopic (exact) mass is 356 g/mol. The second-order valence-corrected chi connectivity index (χ2v) is 5.79. The highest BCUT2D eigenvalue weighted by Crippen LogP contribution is 2.26. The molecule has 0 spiro atoms. The summed E-state index contributed by atoms with van der Waals surface area (Å²) < 4.78 is 5.37. The van der Waals surface area contributed by atoms with Crippen molar-refractivity contribution >= 4 is 28.7 Å². The summed E-state index contributed by atoms with van der Waals surface area (Å²) in [7, 11) is 0. The maximum Gasteiger partial charge on any atom is 0.292 e. The Labute approximate surface area is 150 Å². The molecule has 8 nitrogen and oxygen atoms in total. The second-order valence-electron chi connectivity index (χ2n) is 5.79. The number of ether oxygens (including phenoxy) is 1. The van der Waals surface area contributed by atoms with Crippen molar-refractivity contribution in [3.63, 3.8) is 0 Å². The molecule has 1 amide bonds. The van der Waals surface area contributed by atoms with E-state index in [2.05, 4.69) is 15.5 Å². The fourth-order valence-corrected chi connectivity index (χ4v) is 2.81. The van der Waals surface area contributed by atoms with Crippen molar-refractivity contribution in [1.29, 1.82) is 0 Å². The number of benzene rings is 2. The predicted octanol–water partition coefficient (Wildman–Crippen LogP) is 2.48. The van der Waals surface area contributed by atoms with Crippen LogP contribution in [0.2, 0.25) is 0 Å². The number of rotatable bonds is 6. The van der Waals surface area contributed by atoms with Gasteiger partial charge in [0, 0.05) is 19.2 Å². The molecule has 2 aromatic carbocycles. The van der Waals surface area contributed by atoms with Gasteiger partial charge in [-0.1, -0.05) is 24.3 Å². The first-order valence-corrected chi connectivity index (χ1v) is 8.34. The van der Waals surface area contributed by atoms with Crippen LogP contribution in [0.5, 0.6) is 0 Å². The lowest BCUT2D eigenvalue weighted by atomic mass is 10.2. The zero-order valence-corrected chi connectivity index (χ0v) is 14.2. The standard InChI is InChI=1S/C18H20N4O4/c23-18(13-19-14-5-1-4-8-17(14)22(24)25)20-15-6-2-3-7-16(15)21-9-11-26-12-10-21/h1-8,19H,9-13H2,(H,20,23). The van der Waals surface area contributed by atoms with Gasteiger partial charge in [0.1, 0.15) is 5.69 Å². The van der Waals surface area contributed by atoms with E-state index >= 15 is 0 Å². The van der Waals surface area contributed by atoms with Crippen molar-refractivity contribution in [3.05, 3.63) is 58.6 Å². The number of nitrogens with zero attached hydrogens (tertiary/aromatic N) is 2. The van der Waals surface area contributed by atoms with Gasteiger partial charge in [-0.3, -0.25) is 14.9 Å². The molecule has 1 saturated heterocycles. The van der Waals surface area contributed by atoms with Crippen LogP contribution in [-0.2, 0) is 9.53 Å². The highest BCUT2D eigenvalue weighted by Gasteiger charge is 2.17. The van der Waals surface area contributed by atoms with E-state index in [-0.39, 0.29) is 18.1 Å². The predicted molar refractivity (Wildman–Crippen MR) is 99.7 cm³/mol. The highest BCUT2D eigenvalue weighted by molar-refractivity contribution is 5.97. The van der Waals surface area contributed by atoms with Crippen molar-refractivity contribution in [2.24, 2.45) is 0 Å². The van der Waals surface area contributed by atoms with E-state index in [9.17, 15) is 14.9 Å². The molecule has 1 fully saturated rings. The lowest BCUT2D eigenvalue weighted by molar-refractivity contribution is -0.383. The number of nitrogens with one attached hydrogen (secondary N) is 2. The van der Waals surface area contributed by atoms with Gasteiger partial charge < -0.3 is 20.3 Å². The van der Waals surface area contributed by atoms with Crippen molar-refractivity contribution in [2.75, 3.05) is 48.4 Å². The number of hydrogen-bond donors (Lipinski definition) is 2. The SMILES string of the molecule is O=C(CNc1ccccc1[N+](=O)[O-])Nc1ccccc1N1CCOCC1. The van der Waals surface area contributed by atoms with Crippen LogP contribution in [0.25, 0.3) is 0 Å². The Hall–Kier alpha value is -3.13. The summed E-state index contributed by atoms with van der Waals surface area (Å²) in [5.74, 6) is -0.274. The summed E-state index contributed by atoms with van der Waals surface area (Å²) in [4.78, 5) is 25.0. The number of amides is 1. The smallest absolute Gasteiger partial charge is 0.292 e. The number of carbonyl (C=O) groups excluding carboxylic acids is 1. The third-order valence-corrected chi connectivity index (χ3v) is 4.07. The molecule has 1 heterocycles. The van der Waals surface area contributed by atoms with Crippen LogP contribution >= 0.6 is 0 Å². The Kier molecular flexibility index (Phi) is 5.65. The number of anilines is 3. The van der Waals surface area contributed by atoms with Crippen molar-refractivity contribution in [1.82, 2.24) is 0 Å². The fourth-order valence-electron chi connectivity index (χ4n) is 2.81. The quantitative estimate of drug-likeness (QED) is 0.610. The minimum absolute atomic E-state index is 0.0611. The van der Waals surface area contributed by atoms with Gasteiger partial charge in [-0.25, -0.2) is 0 Å². The molecule has 3 rings (SSSR count). The molecule has 0 aromatic heterocycles. The Balaban J connectivity index is 1.65. The van der Waals surface area contributed by atoms with Gasteiger partial charge in [-0.05, 0) is 18.2 Å². The first kappa shape index (κ1) is 17.7.